The number of hydrogen-bond acceptors (Lipinski definition) is 3. The minimum absolute atomic E-state index is 0.0579. The van der Waals surface area contributed by atoms with Crippen LogP contribution in [0.15, 0.2) is 65.1 Å². The molecule has 0 aliphatic carbocycles. The second-order valence-electron chi connectivity index (χ2n) is 4.95. The van der Waals surface area contributed by atoms with Crippen LogP contribution in [-0.4, -0.2) is 24.3 Å². The van der Waals surface area contributed by atoms with Crippen molar-refractivity contribution in [2.24, 2.45) is 0 Å². The van der Waals surface area contributed by atoms with E-state index in [1.165, 1.54) is 6.21 Å². The van der Waals surface area contributed by atoms with E-state index in [1.807, 2.05) is 42.5 Å². The van der Waals surface area contributed by atoms with Crippen LogP contribution in [0.1, 0.15) is 15.9 Å². The van der Waals surface area contributed by atoms with Crippen LogP contribution in [0.3, 0.4) is 0 Å². The van der Waals surface area contributed by atoms with Crippen LogP contribution >= 0.6 is 15.9 Å². The molecular weight excluding hydrogens is 368 g/mol. The van der Waals surface area contributed by atoms with Crippen molar-refractivity contribution in [3.63, 3.8) is 0 Å². The molecule has 5 heteroatoms. The third-order valence-corrected chi connectivity index (χ3v) is 3.95. The summed E-state index contributed by atoms with van der Waals surface area (Å²) in [6.45, 7) is 0. The van der Waals surface area contributed by atoms with Gasteiger partial charge in [0.05, 0.1) is 0 Å². The second kappa shape index (κ2) is 8.26. The highest BCUT2D eigenvalue weighted by molar-refractivity contribution is 9.10. The van der Waals surface area contributed by atoms with E-state index >= 15 is 0 Å². The summed E-state index contributed by atoms with van der Waals surface area (Å²) in [6, 6.07) is 18.4. The van der Waals surface area contributed by atoms with E-state index in [1.54, 1.807) is 25.2 Å². The van der Waals surface area contributed by atoms with Gasteiger partial charge in [-0.15, -0.1) is 0 Å². The van der Waals surface area contributed by atoms with Crippen molar-refractivity contribution in [1.82, 2.24) is 5.32 Å². The number of nitrogens with one attached hydrogen (secondary N) is 2. The van der Waals surface area contributed by atoms with E-state index < -0.39 is 0 Å². The Bertz CT molecular complexity index is 861. The number of halogens is 1. The third kappa shape index (κ3) is 4.20. The summed E-state index contributed by atoms with van der Waals surface area (Å²) in [7, 11) is 1.62. The molecule has 3 rings (SSSR count). The van der Waals surface area contributed by atoms with Gasteiger partial charge in [0.25, 0.3) is 5.91 Å². The quantitative estimate of drug-likeness (QED) is 0.574. The first-order valence-electron chi connectivity index (χ1n) is 7.25. The van der Waals surface area contributed by atoms with Gasteiger partial charge in [0, 0.05) is 28.9 Å². The van der Waals surface area contributed by atoms with Crippen LogP contribution in [-0.2, 0) is 0 Å². The number of carbonyl (C=O) groups excluding carboxylic acids is 1. The lowest BCUT2D eigenvalue weighted by atomic mass is 10.0. The van der Waals surface area contributed by atoms with Gasteiger partial charge in [0.1, 0.15) is 5.75 Å². The number of aromatic hydroxyl groups is 1. The van der Waals surface area contributed by atoms with Crippen LogP contribution in [0.4, 0.5) is 0 Å². The number of carbonyl (C=O) groups is 1. The van der Waals surface area contributed by atoms with E-state index in [4.69, 9.17) is 5.41 Å². The molecule has 0 aliphatic rings. The number of phenolic OH excluding ortho intramolecular Hbond substituents is 1. The lowest BCUT2D eigenvalue weighted by molar-refractivity contribution is 0.0963. The fraction of sp³-hybridized carbons (Fsp3) is 0.0526. The Balaban J connectivity index is 0.000000177. The first-order valence-corrected chi connectivity index (χ1v) is 8.05. The first-order chi connectivity index (χ1) is 11.6. The van der Waals surface area contributed by atoms with Crippen molar-refractivity contribution in [3.05, 3.63) is 76.3 Å². The molecule has 0 bridgehead atoms. The number of amides is 1. The van der Waals surface area contributed by atoms with Crippen molar-refractivity contribution >= 4 is 38.8 Å². The number of phenols is 1. The first kappa shape index (κ1) is 17.7. The number of hydrogen-bond donors (Lipinski definition) is 3. The maximum absolute atomic E-state index is 11.0. The molecule has 0 saturated heterocycles. The Labute approximate surface area is 148 Å². The molecule has 0 atom stereocenters. The Morgan fingerprint density at radius 3 is 2.38 bits per heavy atom. The standard InChI is InChI=1S/C11H9NO.C8H8BrNO/c12-7-10-9-4-2-1-3-8(9)5-6-11(10)13;1-10-8(11)6-2-4-7(9)5-3-6/h1-7,12-13H;2-5H,1H3,(H,10,11). The van der Waals surface area contributed by atoms with Gasteiger partial charge in [-0.3, -0.25) is 4.79 Å². The van der Waals surface area contributed by atoms with E-state index in [2.05, 4.69) is 21.2 Å². The van der Waals surface area contributed by atoms with Crippen LogP contribution in [0, 0.1) is 5.41 Å². The summed E-state index contributed by atoms with van der Waals surface area (Å²) in [5.74, 6) is 0.103. The monoisotopic (exact) mass is 384 g/mol. The topological polar surface area (TPSA) is 73.2 Å². The van der Waals surface area contributed by atoms with E-state index in [-0.39, 0.29) is 11.7 Å². The predicted molar refractivity (Wildman–Crippen MR) is 101 cm³/mol. The molecule has 3 N–H and O–H groups in total. The lowest BCUT2D eigenvalue weighted by Gasteiger charge is -2.03. The Kier molecular flexibility index (Phi) is 6.09. The summed E-state index contributed by atoms with van der Waals surface area (Å²) >= 11 is 3.28. The normalized spacial score (nSPS) is 9.75. The average molecular weight is 385 g/mol. The number of fused-ring (bicyclic) bond motifs is 1. The zero-order chi connectivity index (χ0) is 17.5. The smallest absolute Gasteiger partial charge is 0.251 e. The highest BCUT2D eigenvalue weighted by atomic mass is 79.9. The molecule has 3 aromatic rings. The van der Waals surface area contributed by atoms with Crippen molar-refractivity contribution in [2.75, 3.05) is 7.05 Å². The number of benzene rings is 3. The summed E-state index contributed by atoms with van der Waals surface area (Å²) in [5, 5.41) is 21.1. The molecule has 0 unspecified atom stereocenters. The van der Waals surface area contributed by atoms with E-state index in [0.29, 0.717) is 11.1 Å². The molecule has 0 saturated carbocycles. The molecule has 0 heterocycles. The van der Waals surface area contributed by atoms with Crippen molar-refractivity contribution in [3.8, 4) is 5.75 Å². The molecule has 0 aromatic heterocycles. The molecule has 4 nitrogen and oxygen atoms in total. The van der Waals surface area contributed by atoms with Crippen molar-refractivity contribution < 1.29 is 9.90 Å². The SMILES string of the molecule is CNC(=O)c1ccc(Br)cc1.N=Cc1c(O)ccc2ccccc12. The zero-order valence-electron chi connectivity index (χ0n) is 13.1. The molecule has 24 heavy (non-hydrogen) atoms. The van der Waals surface area contributed by atoms with Gasteiger partial charge in [-0.1, -0.05) is 46.3 Å². The molecule has 1 amide bonds. The zero-order valence-corrected chi connectivity index (χ0v) is 14.7. The molecule has 122 valence electrons. The molecule has 3 aromatic carbocycles. The molecule has 0 aliphatic heterocycles. The van der Waals surface area contributed by atoms with Gasteiger partial charge >= 0.3 is 0 Å². The molecule has 0 radical (unpaired) electrons. The summed E-state index contributed by atoms with van der Waals surface area (Å²) < 4.78 is 0.977. The fourth-order valence-electron chi connectivity index (χ4n) is 2.18. The third-order valence-electron chi connectivity index (χ3n) is 3.43. The Hall–Kier alpha value is -2.66. The summed E-state index contributed by atoms with van der Waals surface area (Å²) in [6.07, 6.45) is 1.18. The molecule has 0 spiro atoms. The maximum atomic E-state index is 11.0. The van der Waals surface area contributed by atoms with Gasteiger partial charge in [0.15, 0.2) is 0 Å². The van der Waals surface area contributed by atoms with Gasteiger partial charge in [0.2, 0.25) is 0 Å². The Morgan fingerprint density at radius 1 is 1.08 bits per heavy atom. The summed E-state index contributed by atoms with van der Waals surface area (Å²) in [5.41, 5.74) is 1.26. The van der Waals surface area contributed by atoms with Gasteiger partial charge < -0.3 is 15.8 Å². The minimum Gasteiger partial charge on any atom is -0.507 e. The lowest BCUT2D eigenvalue weighted by Crippen LogP contribution is -2.17. The van der Waals surface area contributed by atoms with Crippen molar-refractivity contribution in [2.45, 2.75) is 0 Å². The molecular formula is C19H17BrN2O2. The molecule has 0 fully saturated rings. The highest BCUT2D eigenvalue weighted by Gasteiger charge is 2.02. The highest BCUT2D eigenvalue weighted by Crippen LogP contribution is 2.24. The second-order valence-corrected chi connectivity index (χ2v) is 5.87. The average Bonchev–Trinajstić information content (AvgIpc) is 2.62. The van der Waals surface area contributed by atoms with Gasteiger partial charge in [-0.25, -0.2) is 0 Å². The van der Waals surface area contributed by atoms with E-state index in [9.17, 15) is 9.90 Å². The van der Waals surface area contributed by atoms with Crippen LogP contribution in [0.2, 0.25) is 0 Å². The van der Waals surface area contributed by atoms with Gasteiger partial charge in [-0.2, -0.15) is 0 Å². The summed E-state index contributed by atoms with van der Waals surface area (Å²) in [4.78, 5) is 11.0. The minimum atomic E-state index is -0.0579. The van der Waals surface area contributed by atoms with Crippen LogP contribution < -0.4 is 5.32 Å². The largest absolute Gasteiger partial charge is 0.507 e. The van der Waals surface area contributed by atoms with Crippen molar-refractivity contribution in [1.29, 1.82) is 5.41 Å². The Morgan fingerprint density at radius 2 is 1.75 bits per heavy atom. The maximum Gasteiger partial charge on any atom is 0.251 e. The van der Waals surface area contributed by atoms with Crippen LogP contribution in [0.25, 0.3) is 10.8 Å². The fourth-order valence-corrected chi connectivity index (χ4v) is 2.45. The van der Waals surface area contributed by atoms with E-state index in [0.717, 1.165) is 15.2 Å². The van der Waals surface area contributed by atoms with Gasteiger partial charge in [-0.05, 0) is 41.1 Å². The predicted octanol–water partition coefficient (Wildman–Crippen LogP) is 4.35. The number of rotatable bonds is 2. The van der Waals surface area contributed by atoms with Crippen LogP contribution in [0.5, 0.6) is 5.75 Å².